The van der Waals surface area contributed by atoms with Crippen molar-refractivity contribution in [3.63, 3.8) is 0 Å². The Balaban J connectivity index is 1.78. The van der Waals surface area contributed by atoms with E-state index in [1.807, 2.05) is 47.0 Å². The van der Waals surface area contributed by atoms with Crippen LogP contribution < -0.4 is 11.2 Å². The number of fused-ring (bicyclic) bond motifs is 1. The Morgan fingerprint density at radius 3 is 2.39 bits per heavy atom. The standard InChI is InChI=1S/C25H26N4O2/c1-18-10-8-9-11-19(18)16-27-17-26-23-22(27)24(30)29(21-14-6-3-7-15-21)25(31)28(23)20-12-4-2-5-13-20/h2,4-5,8-13,17,21H,3,6-7,14-16H2,1H3. The van der Waals surface area contributed by atoms with Crippen molar-refractivity contribution < 1.29 is 0 Å². The summed E-state index contributed by atoms with van der Waals surface area (Å²) in [5, 5.41) is 0. The van der Waals surface area contributed by atoms with Crippen LogP contribution in [0, 0.1) is 6.92 Å². The Labute approximate surface area is 180 Å². The van der Waals surface area contributed by atoms with Crippen LogP contribution in [0.2, 0.25) is 0 Å². The fraction of sp³-hybridized carbons (Fsp3) is 0.320. The topological polar surface area (TPSA) is 61.8 Å². The number of imidazole rings is 1. The molecule has 0 radical (unpaired) electrons. The lowest BCUT2D eigenvalue weighted by Crippen LogP contribution is -2.43. The van der Waals surface area contributed by atoms with Crippen LogP contribution >= 0.6 is 0 Å². The van der Waals surface area contributed by atoms with Gasteiger partial charge in [-0.3, -0.25) is 9.36 Å². The van der Waals surface area contributed by atoms with E-state index in [2.05, 4.69) is 24.0 Å². The Bertz CT molecular complexity index is 1340. The SMILES string of the molecule is Cc1ccccc1Cn1cnc2c1c(=O)n(C1CCCCC1)c(=O)n2-c1ccccc1. The van der Waals surface area contributed by atoms with E-state index in [9.17, 15) is 9.59 Å². The number of nitrogens with zero attached hydrogens (tertiary/aromatic N) is 4. The molecule has 1 aliphatic carbocycles. The molecule has 0 N–H and O–H groups in total. The molecule has 6 heteroatoms. The average molecular weight is 415 g/mol. The number of benzene rings is 2. The minimum Gasteiger partial charge on any atom is -0.320 e. The molecule has 0 saturated heterocycles. The van der Waals surface area contributed by atoms with Crippen molar-refractivity contribution in [2.24, 2.45) is 0 Å². The first-order valence-electron chi connectivity index (χ1n) is 11.0. The van der Waals surface area contributed by atoms with Gasteiger partial charge in [-0.25, -0.2) is 14.3 Å². The molecule has 2 heterocycles. The molecule has 31 heavy (non-hydrogen) atoms. The van der Waals surface area contributed by atoms with E-state index in [4.69, 9.17) is 0 Å². The van der Waals surface area contributed by atoms with Gasteiger partial charge in [0, 0.05) is 12.6 Å². The highest BCUT2D eigenvalue weighted by Crippen LogP contribution is 2.27. The summed E-state index contributed by atoms with van der Waals surface area (Å²) in [6, 6.07) is 17.6. The molecule has 1 fully saturated rings. The summed E-state index contributed by atoms with van der Waals surface area (Å²) >= 11 is 0. The number of para-hydroxylation sites is 1. The van der Waals surface area contributed by atoms with E-state index in [0.717, 1.165) is 48.9 Å². The first-order valence-corrected chi connectivity index (χ1v) is 11.0. The average Bonchev–Trinajstić information content (AvgIpc) is 3.20. The molecule has 1 saturated carbocycles. The minimum absolute atomic E-state index is 0.0603. The van der Waals surface area contributed by atoms with Gasteiger partial charge in [0.15, 0.2) is 11.2 Å². The molecule has 0 bridgehead atoms. The van der Waals surface area contributed by atoms with Crippen molar-refractivity contribution in [1.82, 2.24) is 18.7 Å². The predicted octanol–water partition coefficient (Wildman–Crippen LogP) is 4.21. The monoisotopic (exact) mass is 414 g/mol. The molecule has 4 aromatic rings. The van der Waals surface area contributed by atoms with E-state index in [0.29, 0.717) is 17.7 Å². The van der Waals surface area contributed by atoms with Crippen LogP contribution in [0.4, 0.5) is 0 Å². The molecule has 5 rings (SSSR count). The second kappa shape index (κ2) is 8.02. The summed E-state index contributed by atoms with van der Waals surface area (Å²) in [6.07, 6.45) is 6.65. The van der Waals surface area contributed by atoms with Crippen LogP contribution in [0.15, 0.2) is 70.5 Å². The highest BCUT2D eigenvalue weighted by atomic mass is 16.2. The molecule has 0 spiro atoms. The molecular formula is C25H26N4O2. The molecule has 158 valence electrons. The van der Waals surface area contributed by atoms with E-state index in [1.165, 1.54) is 4.57 Å². The number of aryl methyl sites for hydroxylation is 1. The van der Waals surface area contributed by atoms with Crippen LogP contribution in [-0.4, -0.2) is 18.7 Å². The van der Waals surface area contributed by atoms with Crippen molar-refractivity contribution in [3.8, 4) is 5.69 Å². The quantitative estimate of drug-likeness (QED) is 0.503. The third-order valence-electron chi connectivity index (χ3n) is 6.41. The van der Waals surface area contributed by atoms with Crippen molar-refractivity contribution in [2.45, 2.75) is 51.6 Å². The van der Waals surface area contributed by atoms with E-state index in [1.54, 1.807) is 10.9 Å². The Morgan fingerprint density at radius 1 is 0.935 bits per heavy atom. The van der Waals surface area contributed by atoms with Crippen molar-refractivity contribution in [1.29, 1.82) is 0 Å². The molecule has 2 aromatic carbocycles. The van der Waals surface area contributed by atoms with Gasteiger partial charge in [-0.1, -0.05) is 61.7 Å². The first kappa shape index (κ1) is 19.5. The molecule has 0 aliphatic heterocycles. The largest absolute Gasteiger partial charge is 0.337 e. The van der Waals surface area contributed by atoms with E-state index >= 15 is 0 Å². The van der Waals surface area contributed by atoms with Crippen LogP contribution in [-0.2, 0) is 6.54 Å². The summed E-state index contributed by atoms with van der Waals surface area (Å²) in [5.41, 5.74) is 3.39. The second-order valence-electron chi connectivity index (χ2n) is 8.39. The molecule has 2 aromatic heterocycles. The lowest BCUT2D eigenvalue weighted by molar-refractivity contribution is 0.335. The van der Waals surface area contributed by atoms with E-state index in [-0.39, 0.29) is 17.3 Å². The molecule has 0 atom stereocenters. The van der Waals surface area contributed by atoms with Gasteiger partial charge >= 0.3 is 5.69 Å². The lowest BCUT2D eigenvalue weighted by atomic mass is 9.95. The molecular weight excluding hydrogens is 388 g/mol. The van der Waals surface area contributed by atoms with Crippen LogP contribution in [0.1, 0.15) is 49.3 Å². The Hall–Kier alpha value is -3.41. The van der Waals surface area contributed by atoms with Crippen molar-refractivity contribution in [3.05, 3.63) is 92.9 Å². The van der Waals surface area contributed by atoms with Crippen LogP contribution in [0.5, 0.6) is 0 Å². The van der Waals surface area contributed by atoms with Crippen molar-refractivity contribution >= 4 is 11.2 Å². The van der Waals surface area contributed by atoms with Gasteiger partial charge in [0.05, 0.1) is 12.0 Å². The Kier molecular flexibility index (Phi) is 5.06. The fourth-order valence-corrected chi connectivity index (χ4v) is 4.72. The number of aromatic nitrogens is 4. The normalized spacial score (nSPS) is 14.9. The summed E-state index contributed by atoms with van der Waals surface area (Å²) in [5.74, 6) is 0. The minimum atomic E-state index is -0.295. The van der Waals surface area contributed by atoms with E-state index < -0.39 is 0 Å². The molecule has 0 amide bonds. The van der Waals surface area contributed by atoms with Gasteiger partial charge in [0.25, 0.3) is 5.56 Å². The van der Waals surface area contributed by atoms with Gasteiger partial charge in [0.1, 0.15) is 0 Å². The fourth-order valence-electron chi connectivity index (χ4n) is 4.72. The first-order chi connectivity index (χ1) is 15.1. The summed E-state index contributed by atoms with van der Waals surface area (Å²) in [6.45, 7) is 2.60. The van der Waals surface area contributed by atoms with Gasteiger partial charge in [-0.05, 0) is 43.0 Å². The zero-order valence-electron chi connectivity index (χ0n) is 17.7. The highest BCUT2D eigenvalue weighted by molar-refractivity contribution is 5.72. The zero-order chi connectivity index (χ0) is 21.4. The molecule has 0 unspecified atom stereocenters. The summed E-state index contributed by atoms with van der Waals surface area (Å²) in [4.78, 5) is 31.8. The predicted molar refractivity (Wildman–Crippen MR) is 122 cm³/mol. The summed E-state index contributed by atoms with van der Waals surface area (Å²) < 4.78 is 4.97. The van der Waals surface area contributed by atoms with Crippen molar-refractivity contribution in [2.75, 3.05) is 0 Å². The maximum Gasteiger partial charge on any atom is 0.337 e. The maximum atomic E-state index is 13.7. The number of hydrogen-bond donors (Lipinski definition) is 0. The summed E-state index contributed by atoms with van der Waals surface area (Å²) in [7, 11) is 0. The third-order valence-corrected chi connectivity index (χ3v) is 6.41. The van der Waals surface area contributed by atoms with Gasteiger partial charge in [-0.2, -0.15) is 0 Å². The Morgan fingerprint density at radius 2 is 1.65 bits per heavy atom. The zero-order valence-corrected chi connectivity index (χ0v) is 17.7. The van der Waals surface area contributed by atoms with Crippen LogP contribution in [0.25, 0.3) is 16.9 Å². The number of hydrogen-bond acceptors (Lipinski definition) is 3. The smallest absolute Gasteiger partial charge is 0.320 e. The third kappa shape index (κ3) is 3.42. The lowest BCUT2D eigenvalue weighted by Gasteiger charge is -2.24. The van der Waals surface area contributed by atoms with Crippen LogP contribution in [0.3, 0.4) is 0 Å². The maximum absolute atomic E-state index is 13.7. The molecule has 6 nitrogen and oxygen atoms in total. The number of rotatable bonds is 4. The van der Waals surface area contributed by atoms with Gasteiger partial charge in [0.2, 0.25) is 0 Å². The second-order valence-corrected chi connectivity index (χ2v) is 8.39. The highest BCUT2D eigenvalue weighted by Gasteiger charge is 2.25. The molecule has 1 aliphatic rings. The van der Waals surface area contributed by atoms with Gasteiger partial charge in [-0.15, -0.1) is 0 Å². The van der Waals surface area contributed by atoms with Gasteiger partial charge < -0.3 is 4.57 Å².